The summed E-state index contributed by atoms with van der Waals surface area (Å²) in [7, 11) is -4.44. The Hall–Kier alpha value is -4.09. The summed E-state index contributed by atoms with van der Waals surface area (Å²) in [5, 5.41) is 0.0945. The van der Waals surface area contributed by atoms with Crippen LogP contribution in [0.5, 0.6) is 0 Å². The van der Waals surface area contributed by atoms with Gasteiger partial charge in [-0.1, -0.05) is 23.7 Å². The number of benzene rings is 3. The molecule has 0 radical (unpaired) electrons. The number of anilines is 2. The van der Waals surface area contributed by atoms with Gasteiger partial charge in [0.25, 0.3) is 10.0 Å². The Morgan fingerprint density at radius 1 is 1.00 bits per heavy atom. The number of aromatic nitrogens is 2. The van der Waals surface area contributed by atoms with Crippen molar-refractivity contribution in [2.24, 2.45) is 5.73 Å². The van der Waals surface area contributed by atoms with Crippen LogP contribution in [0.15, 0.2) is 59.5 Å². The number of halogens is 3. The summed E-state index contributed by atoms with van der Waals surface area (Å²) in [4.78, 5) is 19.6. The predicted molar refractivity (Wildman–Crippen MR) is 135 cm³/mol. The van der Waals surface area contributed by atoms with E-state index in [1.165, 1.54) is 6.07 Å². The van der Waals surface area contributed by atoms with Gasteiger partial charge in [0.2, 0.25) is 11.9 Å². The summed E-state index contributed by atoms with van der Waals surface area (Å²) in [6.45, 7) is 0. The van der Waals surface area contributed by atoms with E-state index in [1.54, 1.807) is 30.3 Å². The van der Waals surface area contributed by atoms with Crippen molar-refractivity contribution < 1.29 is 22.0 Å². The molecule has 0 bridgehead atoms. The van der Waals surface area contributed by atoms with E-state index < -0.39 is 32.5 Å². The van der Waals surface area contributed by atoms with Crippen molar-refractivity contribution >= 4 is 39.2 Å². The molecule has 0 fully saturated rings. The van der Waals surface area contributed by atoms with Crippen molar-refractivity contribution in [1.82, 2.24) is 9.97 Å². The molecule has 1 aliphatic rings. The highest BCUT2D eigenvalue weighted by Crippen LogP contribution is 2.43. The Bertz CT molecular complexity index is 1700. The van der Waals surface area contributed by atoms with Gasteiger partial charge in [0.1, 0.15) is 16.5 Å². The number of amides is 1. The Morgan fingerprint density at radius 3 is 2.41 bits per heavy atom. The van der Waals surface area contributed by atoms with Gasteiger partial charge >= 0.3 is 0 Å². The SMILES string of the molecule is NC(=O)c1ccc(-c2nc(N)nc3c2-c2cc(NS(=O)(=O)c4ccc(F)cc4F)c(Cl)cc2CC3)cc1. The minimum Gasteiger partial charge on any atom is -0.368 e. The number of carbonyl (C=O) groups is 1. The molecule has 1 amide bonds. The molecule has 5 rings (SSSR count). The van der Waals surface area contributed by atoms with Crippen LogP contribution in [0.1, 0.15) is 21.6 Å². The molecule has 0 saturated carbocycles. The van der Waals surface area contributed by atoms with Crippen molar-refractivity contribution in [1.29, 1.82) is 0 Å². The second kappa shape index (κ2) is 9.09. The molecule has 0 saturated heterocycles. The Balaban J connectivity index is 1.64. The number of aryl methyl sites for hydroxylation is 2. The molecule has 1 aromatic heterocycles. The van der Waals surface area contributed by atoms with E-state index in [0.29, 0.717) is 52.5 Å². The molecule has 8 nitrogen and oxygen atoms in total. The summed E-state index contributed by atoms with van der Waals surface area (Å²) in [5.41, 5.74) is 15.4. The molecule has 1 aliphatic carbocycles. The van der Waals surface area contributed by atoms with Crippen LogP contribution in [0.25, 0.3) is 22.4 Å². The number of rotatable bonds is 5. The summed E-state index contributed by atoms with van der Waals surface area (Å²) >= 11 is 6.40. The van der Waals surface area contributed by atoms with Gasteiger partial charge in [0.05, 0.1) is 22.1 Å². The van der Waals surface area contributed by atoms with E-state index in [1.807, 2.05) is 0 Å². The van der Waals surface area contributed by atoms with Crippen LogP contribution in [-0.4, -0.2) is 24.3 Å². The van der Waals surface area contributed by atoms with E-state index in [2.05, 4.69) is 14.7 Å². The van der Waals surface area contributed by atoms with Crippen LogP contribution in [0, 0.1) is 11.6 Å². The van der Waals surface area contributed by atoms with Gasteiger partial charge in [-0.3, -0.25) is 9.52 Å². The highest BCUT2D eigenvalue weighted by atomic mass is 35.5. The van der Waals surface area contributed by atoms with Crippen molar-refractivity contribution in [3.63, 3.8) is 0 Å². The van der Waals surface area contributed by atoms with E-state index >= 15 is 0 Å². The minimum absolute atomic E-state index is 0.0103. The topological polar surface area (TPSA) is 141 Å². The highest BCUT2D eigenvalue weighted by Gasteiger charge is 2.27. The maximum absolute atomic E-state index is 14.2. The number of fused-ring (bicyclic) bond motifs is 3. The fraction of sp³-hybridized carbons (Fsp3) is 0.0800. The van der Waals surface area contributed by atoms with E-state index in [4.69, 9.17) is 23.1 Å². The smallest absolute Gasteiger partial charge is 0.264 e. The van der Waals surface area contributed by atoms with E-state index in [9.17, 15) is 22.0 Å². The standard InChI is InChI=1S/C25H18ClF2N5O3S/c26-17-9-14-5-7-19-22(23(32-25(30)31-19)12-1-3-13(4-2-12)24(29)34)16(14)11-20(17)33-37(35,36)21-8-6-15(27)10-18(21)28/h1-4,6,8-11,33H,5,7H2,(H2,29,34)(H2,30,31,32). The average Bonchev–Trinajstić information content (AvgIpc) is 2.83. The second-order valence-corrected chi connectivity index (χ2v) is 10.4. The molecule has 5 N–H and O–H groups in total. The van der Waals surface area contributed by atoms with Crippen LogP contribution >= 0.6 is 11.6 Å². The summed E-state index contributed by atoms with van der Waals surface area (Å²) in [5.74, 6) is -2.67. The molecule has 37 heavy (non-hydrogen) atoms. The summed E-state index contributed by atoms with van der Waals surface area (Å²) in [6, 6.07) is 11.8. The number of carbonyl (C=O) groups excluding carboxylic acids is 1. The first-order chi connectivity index (χ1) is 17.5. The molecule has 0 unspecified atom stereocenters. The number of nitrogens with one attached hydrogen (secondary N) is 1. The quantitative estimate of drug-likeness (QED) is 0.343. The maximum Gasteiger partial charge on any atom is 0.264 e. The largest absolute Gasteiger partial charge is 0.368 e. The second-order valence-electron chi connectivity index (χ2n) is 8.36. The number of nitrogen functional groups attached to an aromatic ring is 1. The molecule has 188 valence electrons. The summed E-state index contributed by atoms with van der Waals surface area (Å²) in [6.07, 6.45) is 1.09. The monoisotopic (exact) mass is 541 g/mol. The fourth-order valence-corrected chi connectivity index (χ4v) is 5.69. The number of hydrogen-bond acceptors (Lipinski definition) is 6. The van der Waals surface area contributed by atoms with Crippen LogP contribution in [0.4, 0.5) is 20.4 Å². The van der Waals surface area contributed by atoms with Gasteiger partial charge in [0.15, 0.2) is 0 Å². The molecular weight excluding hydrogens is 524 g/mol. The lowest BCUT2D eigenvalue weighted by Crippen LogP contribution is -2.16. The molecule has 0 aliphatic heterocycles. The number of hydrogen-bond donors (Lipinski definition) is 3. The average molecular weight is 542 g/mol. The Labute approximate surface area is 215 Å². The van der Waals surface area contributed by atoms with Crippen molar-refractivity contribution in [2.45, 2.75) is 17.7 Å². The van der Waals surface area contributed by atoms with E-state index in [-0.39, 0.29) is 16.7 Å². The highest BCUT2D eigenvalue weighted by molar-refractivity contribution is 7.92. The van der Waals surface area contributed by atoms with Crippen LogP contribution < -0.4 is 16.2 Å². The van der Waals surface area contributed by atoms with Gasteiger partial charge < -0.3 is 11.5 Å². The minimum atomic E-state index is -4.44. The molecule has 4 aromatic rings. The number of primary amides is 1. The van der Waals surface area contributed by atoms with Gasteiger partial charge in [-0.25, -0.2) is 27.2 Å². The number of nitrogens with zero attached hydrogens (tertiary/aromatic N) is 2. The lowest BCUT2D eigenvalue weighted by atomic mass is 9.85. The zero-order valence-corrected chi connectivity index (χ0v) is 20.5. The fourth-order valence-electron chi connectivity index (χ4n) is 4.27. The molecule has 1 heterocycles. The normalized spacial score (nSPS) is 12.5. The Morgan fingerprint density at radius 2 is 1.73 bits per heavy atom. The lowest BCUT2D eigenvalue weighted by molar-refractivity contribution is 0.100. The van der Waals surface area contributed by atoms with Gasteiger partial charge in [0, 0.05) is 22.8 Å². The van der Waals surface area contributed by atoms with Gasteiger partial charge in [-0.2, -0.15) is 0 Å². The van der Waals surface area contributed by atoms with Crippen LogP contribution in [0.2, 0.25) is 5.02 Å². The van der Waals surface area contributed by atoms with Gasteiger partial charge in [-0.15, -0.1) is 0 Å². The number of sulfonamides is 1. The summed E-state index contributed by atoms with van der Waals surface area (Å²) < 4.78 is 55.6. The third-order valence-corrected chi connectivity index (χ3v) is 7.68. The first-order valence-corrected chi connectivity index (χ1v) is 12.8. The van der Waals surface area contributed by atoms with Crippen molar-refractivity contribution in [3.8, 4) is 22.4 Å². The third-order valence-electron chi connectivity index (χ3n) is 5.97. The molecule has 0 atom stereocenters. The maximum atomic E-state index is 14.2. The van der Waals surface area contributed by atoms with Crippen molar-refractivity contribution in [3.05, 3.63) is 88.1 Å². The third kappa shape index (κ3) is 4.58. The predicted octanol–water partition coefficient (Wildman–Crippen LogP) is 4.32. The number of nitrogens with two attached hydrogens (primary N) is 2. The first kappa shape index (κ1) is 24.6. The Kier molecular flexibility index (Phi) is 6.04. The first-order valence-electron chi connectivity index (χ1n) is 10.9. The lowest BCUT2D eigenvalue weighted by Gasteiger charge is -2.23. The van der Waals surface area contributed by atoms with Crippen molar-refractivity contribution in [2.75, 3.05) is 10.5 Å². The zero-order valence-electron chi connectivity index (χ0n) is 18.9. The van der Waals surface area contributed by atoms with Gasteiger partial charge in [-0.05, 0) is 60.4 Å². The molecule has 3 aromatic carbocycles. The zero-order chi connectivity index (χ0) is 26.5. The van der Waals surface area contributed by atoms with Crippen LogP contribution in [-0.2, 0) is 22.9 Å². The molecule has 12 heteroatoms. The molecule has 0 spiro atoms. The molecular formula is C25H18ClF2N5O3S. The van der Waals surface area contributed by atoms with Crippen LogP contribution in [0.3, 0.4) is 0 Å². The van der Waals surface area contributed by atoms with E-state index in [0.717, 1.165) is 17.7 Å².